The van der Waals surface area contributed by atoms with Gasteiger partial charge < -0.3 is 4.74 Å². The van der Waals surface area contributed by atoms with Crippen LogP contribution in [0.5, 0.6) is 0 Å². The van der Waals surface area contributed by atoms with Crippen molar-refractivity contribution in [3.8, 4) is 0 Å². The molecule has 4 aliphatic rings. The maximum absolute atomic E-state index is 12.9. The summed E-state index contributed by atoms with van der Waals surface area (Å²) in [5.74, 6) is 5.28. The van der Waals surface area contributed by atoms with Crippen molar-refractivity contribution in [1.29, 1.82) is 0 Å². The van der Waals surface area contributed by atoms with E-state index in [2.05, 4.69) is 59.8 Å². The second-order valence-electron chi connectivity index (χ2n) is 20.1. The number of unbranched alkanes of at least 4 members (excludes halogenated alkanes) is 17. The van der Waals surface area contributed by atoms with E-state index in [1.807, 2.05) is 0 Å². The van der Waals surface area contributed by atoms with Gasteiger partial charge in [-0.05, 0) is 117 Å². The van der Waals surface area contributed by atoms with E-state index in [9.17, 15) is 4.79 Å². The van der Waals surface area contributed by atoms with E-state index < -0.39 is 0 Å². The van der Waals surface area contributed by atoms with Crippen LogP contribution in [-0.2, 0) is 9.53 Å². The van der Waals surface area contributed by atoms with Gasteiger partial charge in [-0.15, -0.1) is 0 Å². The normalized spacial score (nSPS) is 30.2. The zero-order valence-corrected chi connectivity index (χ0v) is 36.5. The number of rotatable bonds is 27. The summed E-state index contributed by atoms with van der Waals surface area (Å²) in [6, 6.07) is 0. The lowest BCUT2D eigenvalue weighted by atomic mass is 9.47. The fourth-order valence-corrected chi connectivity index (χ4v) is 12.4. The van der Waals surface area contributed by atoms with E-state index in [4.69, 9.17) is 4.74 Å². The lowest BCUT2D eigenvalue weighted by Gasteiger charge is -2.58. The van der Waals surface area contributed by atoms with Crippen LogP contribution in [-0.4, -0.2) is 12.1 Å². The van der Waals surface area contributed by atoms with E-state index in [0.717, 1.165) is 61.2 Å². The SMILES string of the molecule is CCCCCCCCCCCCCCCCCCC=CCCCC(=O)OC1CCC2(C)C(=CCC3C2CCC2(C)C(C(C)CCCC(C)C)CCC32)C1. The molecule has 0 radical (unpaired) electrons. The van der Waals surface area contributed by atoms with Crippen molar-refractivity contribution >= 4 is 5.97 Å². The van der Waals surface area contributed by atoms with Gasteiger partial charge in [-0.1, -0.05) is 181 Å². The summed E-state index contributed by atoms with van der Waals surface area (Å²) in [5.41, 5.74) is 2.51. The van der Waals surface area contributed by atoms with Gasteiger partial charge >= 0.3 is 5.97 Å². The van der Waals surface area contributed by atoms with Gasteiger partial charge in [0, 0.05) is 12.8 Å². The number of carbonyl (C=O) groups is 1. The fourth-order valence-electron chi connectivity index (χ4n) is 12.4. The Morgan fingerprint density at radius 1 is 0.717 bits per heavy atom. The molecule has 0 aromatic rings. The van der Waals surface area contributed by atoms with E-state index in [-0.39, 0.29) is 12.1 Å². The first kappa shape index (κ1) is 44.7. The number of carbonyl (C=O) groups excluding carboxylic acids is 1. The molecular weight excluding hydrogens is 645 g/mol. The first-order valence-electron chi connectivity index (χ1n) is 24.2. The van der Waals surface area contributed by atoms with Crippen LogP contribution in [0.2, 0.25) is 0 Å². The van der Waals surface area contributed by atoms with E-state index in [1.54, 1.807) is 5.57 Å². The topological polar surface area (TPSA) is 26.3 Å². The van der Waals surface area contributed by atoms with Crippen molar-refractivity contribution in [2.24, 2.45) is 46.3 Å². The van der Waals surface area contributed by atoms with Crippen LogP contribution in [0.15, 0.2) is 23.8 Å². The minimum Gasteiger partial charge on any atom is -0.462 e. The monoisotopic (exact) mass is 735 g/mol. The molecule has 8 atom stereocenters. The standard InChI is InChI=1S/C51H90O2/c1-7-8-9-10-11-12-13-14-15-16-17-18-19-20-21-22-23-24-25-26-27-31-49(52)53-44-36-38-50(5)43(40-44)32-33-45-47-35-34-46(42(4)30-28-29-41(2)3)51(47,6)39-37-48(45)50/h24-25,32,41-42,44-48H,7-23,26-31,33-40H2,1-6H3. The van der Waals surface area contributed by atoms with Crippen molar-refractivity contribution in [3.05, 3.63) is 23.8 Å². The van der Waals surface area contributed by atoms with Crippen LogP contribution < -0.4 is 0 Å². The first-order chi connectivity index (χ1) is 25.7. The Bertz CT molecular complexity index is 1070. The summed E-state index contributed by atoms with van der Waals surface area (Å²) in [6.45, 7) is 15.0. The lowest BCUT2D eigenvalue weighted by molar-refractivity contribution is -0.151. The quantitative estimate of drug-likeness (QED) is 0.0477. The number of hydrogen-bond donors (Lipinski definition) is 0. The van der Waals surface area contributed by atoms with Crippen LogP contribution >= 0.6 is 0 Å². The summed E-state index contributed by atoms with van der Waals surface area (Å²) in [4.78, 5) is 12.9. The molecule has 2 nitrogen and oxygen atoms in total. The predicted octanol–water partition coefficient (Wildman–Crippen LogP) is 16.3. The average molecular weight is 735 g/mol. The molecule has 4 aliphatic carbocycles. The largest absolute Gasteiger partial charge is 0.462 e. The van der Waals surface area contributed by atoms with Crippen molar-refractivity contribution in [1.82, 2.24) is 0 Å². The molecule has 0 aromatic heterocycles. The lowest BCUT2D eigenvalue weighted by Crippen LogP contribution is -2.51. The average Bonchev–Trinajstić information content (AvgIpc) is 3.49. The molecule has 8 unspecified atom stereocenters. The number of ether oxygens (including phenoxy) is 1. The molecule has 0 amide bonds. The van der Waals surface area contributed by atoms with Gasteiger partial charge in [0.25, 0.3) is 0 Å². The summed E-state index contributed by atoms with van der Waals surface area (Å²) >= 11 is 0. The van der Waals surface area contributed by atoms with Crippen LogP contribution in [0.1, 0.15) is 241 Å². The van der Waals surface area contributed by atoms with Crippen molar-refractivity contribution < 1.29 is 9.53 Å². The number of allylic oxidation sites excluding steroid dienone is 3. The van der Waals surface area contributed by atoms with Gasteiger partial charge in [0.1, 0.15) is 6.10 Å². The van der Waals surface area contributed by atoms with Crippen LogP contribution in [0, 0.1) is 46.3 Å². The predicted molar refractivity (Wildman–Crippen MR) is 230 cm³/mol. The highest BCUT2D eigenvalue weighted by Crippen LogP contribution is 2.67. The van der Waals surface area contributed by atoms with E-state index in [0.29, 0.717) is 17.3 Å². The van der Waals surface area contributed by atoms with Gasteiger partial charge in [0.05, 0.1) is 0 Å². The molecule has 0 bridgehead atoms. The molecule has 306 valence electrons. The van der Waals surface area contributed by atoms with E-state index >= 15 is 0 Å². The molecule has 0 saturated heterocycles. The third-order valence-corrected chi connectivity index (χ3v) is 15.7. The Morgan fingerprint density at radius 3 is 1.94 bits per heavy atom. The minimum absolute atomic E-state index is 0.0343. The summed E-state index contributed by atoms with van der Waals surface area (Å²) < 4.78 is 6.13. The maximum Gasteiger partial charge on any atom is 0.306 e. The van der Waals surface area contributed by atoms with Gasteiger partial charge in [0.15, 0.2) is 0 Å². The van der Waals surface area contributed by atoms with Crippen molar-refractivity contribution in [2.75, 3.05) is 0 Å². The highest BCUT2D eigenvalue weighted by atomic mass is 16.5. The maximum atomic E-state index is 12.9. The zero-order chi connectivity index (χ0) is 37.9. The zero-order valence-electron chi connectivity index (χ0n) is 36.5. The summed E-state index contributed by atoms with van der Waals surface area (Å²) in [5, 5.41) is 0. The molecule has 0 aromatic carbocycles. The molecular formula is C51H90O2. The molecule has 4 rings (SSSR count). The van der Waals surface area contributed by atoms with Crippen molar-refractivity contribution in [2.45, 2.75) is 247 Å². The second kappa shape index (κ2) is 23.9. The third-order valence-electron chi connectivity index (χ3n) is 15.7. The molecule has 3 saturated carbocycles. The Morgan fingerprint density at radius 2 is 1.32 bits per heavy atom. The smallest absolute Gasteiger partial charge is 0.306 e. The van der Waals surface area contributed by atoms with E-state index in [1.165, 1.54) is 167 Å². The molecule has 53 heavy (non-hydrogen) atoms. The molecule has 0 N–H and O–H groups in total. The first-order valence-corrected chi connectivity index (χ1v) is 24.2. The van der Waals surface area contributed by atoms with Crippen LogP contribution in [0.3, 0.4) is 0 Å². The number of esters is 1. The molecule has 3 fully saturated rings. The Kier molecular flexibility index (Phi) is 20.1. The minimum atomic E-state index is 0.0343. The highest BCUT2D eigenvalue weighted by molar-refractivity contribution is 5.69. The molecule has 0 heterocycles. The summed E-state index contributed by atoms with van der Waals surface area (Å²) in [7, 11) is 0. The van der Waals surface area contributed by atoms with Crippen LogP contribution in [0.25, 0.3) is 0 Å². The summed E-state index contributed by atoms with van der Waals surface area (Å²) in [6.07, 6.45) is 48.4. The van der Waals surface area contributed by atoms with Crippen LogP contribution in [0.4, 0.5) is 0 Å². The third kappa shape index (κ3) is 13.8. The van der Waals surface area contributed by atoms with Gasteiger partial charge in [-0.3, -0.25) is 4.79 Å². The molecule has 0 aliphatic heterocycles. The Balaban J connectivity index is 1.02. The highest BCUT2D eigenvalue weighted by Gasteiger charge is 2.59. The Hall–Kier alpha value is -1.05. The number of fused-ring (bicyclic) bond motifs is 5. The molecule has 2 heteroatoms. The van der Waals surface area contributed by atoms with Gasteiger partial charge in [-0.2, -0.15) is 0 Å². The molecule has 0 spiro atoms. The Labute approximate surface area is 331 Å². The fraction of sp³-hybridized carbons (Fsp3) is 0.902. The second-order valence-corrected chi connectivity index (χ2v) is 20.1. The number of hydrogen-bond acceptors (Lipinski definition) is 2. The van der Waals surface area contributed by atoms with Gasteiger partial charge in [0.2, 0.25) is 0 Å². The van der Waals surface area contributed by atoms with Gasteiger partial charge in [-0.25, -0.2) is 0 Å². The van der Waals surface area contributed by atoms with Crippen molar-refractivity contribution in [3.63, 3.8) is 0 Å².